The van der Waals surface area contributed by atoms with Crippen molar-refractivity contribution in [2.24, 2.45) is 5.92 Å². The number of pyridine rings is 1. The van der Waals surface area contributed by atoms with Crippen molar-refractivity contribution in [2.75, 3.05) is 0 Å². The van der Waals surface area contributed by atoms with Crippen LogP contribution in [0.3, 0.4) is 0 Å². The molecule has 116 valence electrons. The predicted molar refractivity (Wildman–Crippen MR) is 89.0 cm³/mol. The van der Waals surface area contributed by atoms with Gasteiger partial charge in [0.25, 0.3) is 0 Å². The number of nitrogens with one attached hydrogen (secondary N) is 1. The number of hydrogen-bond donors (Lipinski definition) is 1. The van der Waals surface area contributed by atoms with Crippen molar-refractivity contribution in [1.29, 1.82) is 0 Å². The SMILES string of the molecule is O=C(NCc1ccccc1)C1CCc2nc3ccccn3c2C1. The van der Waals surface area contributed by atoms with Gasteiger partial charge in [0.1, 0.15) is 5.65 Å². The van der Waals surface area contributed by atoms with E-state index in [0.29, 0.717) is 6.54 Å². The molecule has 4 nitrogen and oxygen atoms in total. The molecule has 3 aromatic rings. The third kappa shape index (κ3) is 2.72. The molecule has 0 saturated heterocycles. The summed E-state index contributed by atoms with van der Waals surface area (Å²) in [6, 6.07) is 16.1. The van der Waals surface area contributed by atoms with Crippen LogP contribution in [0.1, 0.15) is 23.4 Å². The van der Waals surface area contributed by atoms with Gasteiger partial charge in [0.05, 0.1) is 5.69 Å². The number of aromatic nitrogens is 2. The van der Waals surface area contributed by atoms with E-state index >= 15 is 0 Å². The van der Waals surface area contributed by atoms with Crippen LogP contribution in [0.4, 0.5) is 0 Å². The van der Waals surface area contributed by atoms with E-state index < -0.39 is 0 Å². The van der Waals surface area contributed by atoms with Crippen molar-refractivity contribution in [3.05, 3.63) is 71.7 Å². The number of hydrogen-bond acceptors (Lipinski definition) is 2. The van der Waals surface area contributed by atoms with Crippen LogP contribution in [0.15, 0.2) is 54.7 Å². The molecule has 1 aromatic carbocycles. The van der Waals surface area contributed by atoms with Crippen LogP contribution in [0, 0.1) is 5.92 Å². The molecule has 0 fully saturated rings. The highest BCUT2D eigenvalue weighted by atomic mass is 16.1. The number of benzene rings is 1. The lowest BCUT2D eigenvalue weighted by molar-refractivity contribution is -0.125. The highest BCUT2D eigenvalue weighted by molar-refractivity contribution is 5.79. The molecule has 0 spiro atoms. The van der Waals surface area contributed by atoms with Crippen LogP contribution in [-0.4, -0.2) is 15.3 Å². The molecule has 1 N–H and O–H groups in total. The van der Waals surface area contributed by atoms with Crippen molar-refractivity contribution < 1.29 is 4.79 Å². The summed E-state index contributed by atoms with van der Waals surface area (Å²) >= 11 is 0. The van der Waals surface area contributed by atoms with Gasteiger partial charge in [-0.1, -0.05) is 36.4 Å². The molecule has 0 radical (unpaired) electrons. The number of carbonyl (C=O) groups is 1. The summed E-state index contributed by atoms with van der Waals surface area (Å²) < 4.78 is 2.12. The summed E-state index contributed by atoms with van der Waals surface area (Å²) in [5.74, 6) is 0.178. The number of nitrogens with zero attached hydrogens (tertiary/aromatic N) is 2. The normalized spacial score (nSPS) is 17.0. The molecular weight excluding hydrogens is 286 g/mol. The Morgan fingerprint density at radius 2 is 2.00 bits per heavy atom. The molecule has 1 aliphatic carbocycles. The number of amides is 1. The zero-order valence-corrected chi connectivity index (χ0v) is 12.9. The van der Waals surface area contributed by atoms with Crippen molar-refractivity contribution in [1.82, 2.24) is 14.7 Å². The second kappa shape index (κ2) is 5.88. The van der Waals surface area contributed by atoms with Gasteiger partial charge in [-0.15, -0.1) is 0 Å². The Hall–Kier alpha value is -2.62. The Morgan fingerprint density at radius 3 is 2.87 bits per heavy atom. The van der Waals surface area contributed by atoms with Crippen LogP contribution in [0.25, 0.3) is 5.65 Å². The minimum atomic E-state index is 0.0336. The average molecular weight is 305 g/mol. The fourth-order valence-electron chi connectivity index (χ4n) is 3.31. The van der Waals surface area contributed by atoms with E-state index in [2.05, 4.69) is 14.7 Å². The van der Waals surface area contributed by atoms with Gasteiger partial charge in [0, 0.05) is 30.8 Å². The van der Waals surface area contributed by atoms with Gasteiger partial charge in [-0.3, -0.25) is 4.79 Å². The average Bonchev–Trinajstić information content (AvgIpc) is 2.98. The topological polar surface area (TPSA) is 46.4 Å². The lowest BCUT2D eigenvalue weighted by atomic mass is 9.89. The Morgan fingerprint density at radius 1 is 1.17 bits per heavy atom. The summed E-state index contributed by atoms with van der Waals surface area (Å²) in [6.07, 6.45) is 4.55. The Balaban J connectivity index is 1.48. The van der Waals surface area contributed by atoms with Crippen LogP contribution in [0.2, 0.25) is 0 Å². The maximum absolute atomic E-state index is 12.5. The van der Waals surface area contributed by atoms with Crippen molar-refractivity contribution in [2.45, 2.75) is 25.8 Å². The largest absolute Gasteiger partial charge is 0.352 e. The molecule has 1 amide bonds. The maximum Gasteiger partial charge on any atom is 0.223 e. The molecule has 0 bridgehead atoms. The van der Waals surface area contributed by atoms with Gasteiger partial charge < -0.3 is 9.72 Å². The molecule has 1 atom stereocenters. The summed E-state index contributed by atoms with van der Waals surface area (Å²) in [7, 11) is 0. The number of fused-ring (bicyclic) bond motifs is 3. The molecule has 4 rings (SSSR count). The molecule has 2 heterocycles. The van der Waals surface area contributed by atoms with Crippen molar-refractivity contribution in [3.8, 4) is 0 Å². The molecule has 1 aliphatic rings. The van der Waals surface area contributed by atoms with Gasteiger partial charge in [-0.2, -0.15) is 0 Å². The second-order valence-corrected chi connectivity index (χ2v) is 6.08. The molecule has 0 aliphatic heterocycles. The lowest BCUT2D eigenvalue weighted by Gasteiger charge is -2.21. The lowest BCUT2D eigenvalue weighted by Crippen LogP contribution is -2.34. The monoisotopic (exact) mass is 305 g/mol. The van der Waals surface area contributed by atoms with Gasteiger partial charge in [-0.05, 0) is 30.5 Å². The Labute approximate surface area is 135 Å². The molecule has 2 aromatic heterocycles. The van der Waals surface area contributed by atoms with Gasteiger partial charge in [-0.25, -0.2) is 4.98 Å². The first-order chi connectivity index (χ1) is 11.3. The van der Waals surface area contributed by atoms with Gasteiger partial charge in [0.15, 0.2) is 0 Å². The number of imidazole rings is 1. The number of carbonyl (C=O) groups excluding carboxylic acids is 1. The Kier molecular flexibility index (Phi) is 3.58. The van der Waals surface area contributed by atoms with E-state index in [0.717, 1.165) is 36.2 Å². The van der Waals surface area contributed by atoms with Crippen molar-refractivity contribution in [3.63, 3.8) is 0 Å². The Bertz CT molecular complexity index is 838. The van der Waals surface area contributed by atoms with Crippen LogP contribution in [-0.2, 0) is 24.2 Å². The quantitative estimate of drug-likeness (QED) is 0.809. The standard InChI is InChI=1S/C19H19N3O/c23-19(20-13-14-6-2-1-3-7-14)15-9-10-16-17(12-15)22-11-5-4-8-18(22)21-16/h1-8,11,15H,9-10,12-13H2,(H,20,23). The summed E-state index contributed by atoms with van der Waals surface area (Å²) in [5.41, 5.74) is 4.44. The zero-order chi connectivity index (χ0) is 15.6. The minimum Gasteiger partial charge on any atom is -0.352 e. The van der Waals surface area contributed by atoms with Gasteiger partial charge in [0.2, 0.25) is 5.91 Å². The highest BCUT2D eigenvalue weighted by Crippen LogP contribution is 2.26. The van der Waals surface area contributed by atoms with E-state index in [9.17, 15) is 4.79 Å². The van der Waals surface area contributed by atoms with Crippen LogP contribution < -0.4 is 5.32 Å². The van der Waals surface area contributed by atoms with Crippen LogP contribution in [0.5, 0.6) is 0 Å². The fraction of sp³-hybridized carbons (Fsp3) is 0.263. The highest BCUT2D eigenvalue weighted by Gasteiger charge is 2.27. The number of rotatable bonds is 3. The van der Waals surface area contributed by atoms with Gasteiger partial charge >= 0.3 is 0 Å². The zero-order valence-electron chi connectivity index (χ0n) is 12.9. The molecule has 4 heteroatoms. The van der Waals surface area contributed by atoms with E-state index in [-0.39, 0.29) is 11.8 Å². The summed E-state index contributed by atoms with van der Waals surface area (Å²) in [4.78, 5) is 17.2. The molecule has 1 unspecified atom stereocenters. The first-order valence-corrected chi connectivity index (χ1v) is 8.08. The third-order valence-electron chi connectivity index (χ3n) is 4.56. The predicted octanol–water partition coefficient (Wildman–Crippen LogP) is 2.76. The second-order valence-electron chi connectivity index (χ2n) is 6.08. The maximum atomic E-state index is 12.5. The summed E-state index contributed by atoms with van der Waals surface area (Å²) in [5, 5.41) is 3.07. The van der Waals surface area contributed by atoms with Crippen molar-refractivity contribution >= 4 is 11.6 Å². The first-order valence-electron chi connectivity index (χ1n) is 8.08. The number of aryl methyl sites for hydroxylation is 1. The summed E-state index contributed by atoms with van der Waals surface area (Å²) in [6.45, 7) is 0.593. The van der Waals surface area contributed by atoms with E-state index in [4.69, 9.17) is 0 Å². The molecule has 23 heavy (non-hydrogen) atoms. The molecular formula is C19H19N3O. The van der Waals surface area contributed by atoms with Crippen LogP contribution >= 0.6 is 0 Å². The minimum absolute atomic E-state index is 0.0336. The van der Waals surface area contributed by atoms with E-state index in [1.807, 2.05) is 54.7 Å². The molecule has 0 saturated carbocycles. The third-order valence-corrected chi connectivity index (χ3v) is 4.56. The van der Waals surface area contributed by atoms with E-state index in [1.165, 1.54) is 5.69 Å². The van der Waals surface area contributed by atoms with E-state index in [1.54, 1.807) is 0 Å². The first kappa shape index (κ1) is 14.0. The smallest absolute Gasteiger partial charge is 0.223 e. The fourth-order valence-corrected chi connectivity index (χ4v) is 3.31.